The SMILES string of the molecule is N#Cc1ccc(N(Cc2ccc(OC(F)F)cc2)c2scnc2C(=O)NCS(=O)[O-])cc1. The molecule has 3 aromatic rings. The highest BCUT2D eigenvalue weighted by Gasteiger charge is 2.22. The van der Waals surface area contributed by atoms with Crippen molar-refractivity contribution in [3.05, 3.63) is 70.9 Å². The molecule has 1 amide bonds. The van der Waals surface area contributed by atoms with Crippen LogP contribution in [0.5, 0.6) is 5.75 Å². The highest BCUT2D eigenvalue weighted by molar-refractivity contribution is 7.79. The first-order chi connectivity index (χ1) is 15.4. The van der Waals surface area contributed by atoms with Crippen LogP contribution >= 0.6 is 11.3 Å². The van der Waals surface area contributed by atoms with E-state index in [0.29, 0.717) is 16.3 Å². The van der Waals surface area contributed by atoms with Crippen LogP contribution in [0.25, 0.3) is 0 Å². The van der Waals surface area contributed by atoms with Crippen molar-refractivity contribution in [2.75, 3.05) is 10.8 Å². The minimum atomic E-state index is -2.93. The average molecular weight is 477 g/mol. The van der Waals surface area contributed by atoms with Gasteiger partial charge in [0, 0.05) is 12.2 Å². The van der Waals surface area contributed by atoms with Crippen LogP contribution in [0.2, 0.25) is 0 Å². The number of aromatic nitrogens is 1. The van der Waals surface area contributed by atoms with Gasteiger partial charge in [-0.25, -0.2) is 4.98 Å². The van der Waals surface area contributed by atoms with E-state index in [9.17, 15) is 22.3 Å². The number of alkyl halides is 2. The summed E-state index contributed by atoms with van der Waals surface area (Å²) in [6, 6.07) is 14.7. The van der Waals surface area contributed by atoms with E-state index < -0.39 is 29.5 Å². The first-order valence-corrected chi connectivity index (χ1v) is 11.1. The van der Waals surface area contributed by atoms with Crippen molar-refractivity contribution in [1.29, 1.82) is 5.26 Å². The number of carbonyl (C=O) groups is 1. The van der Waals surface area contributed by atoms with E-state index >= 15 is 0 Å². The molecule has 1 aromatic heterocycles. The Morgan fingerprint density at radius 1 is 1.25 bits per heavy atom. The summed E-state index contributed by atoms with van der Waals surface area (Å²) in [4.78, 5) is 18.3. The molecule has 0 bridgehead atoms. The lowest BCUT2D eigenvalue weighted by Crippen LogP contribution is -2.29. The van der Waals surface area contributed by atoms with E-state index in [2.05, 4.69) is 15.0 Å². The van der Waals surface area contributed by atoms with E-state index in [1.807, 2.05) is 6.07 Å². The van der Waals surface area contributed by atoms with Crippen LogP contribution in [-0.2, 0) is 17.6 Å². The number of ether oxygens (including phenoxy) is 1. The van der Waals surface area contributed by atoms with E-state index in [1.54, 1.807) is 41.3 Å². The quantitative estimate of drug-likeness (QED) is 0.469. The number of carbonyl (C=O) groups excluding carboxylic acids is 1. The van der Waals surface area contributed by atoms with Crippen LogP contribution in [0.15, 0.2) is 54.0 Å². The molecule has 2 aromatic carbocycles. The maximum Gasteiger partial charge on any atom is 0.387 e. The summed E-state index contributed by atoms with van der Waals surface area (Å²) in [5, 5.41) is 11.8. The van der Waals surface area contributed by atoms with Crippen molar-refractivity contribution in [2.45, 2.75) is 13.2 Å². The molecule has 0 saturated heterocycles. The molecule has 1 unspecified atom stereocenters. The van der Waals surface area contributed by atoms with E-state index in [4.69, 9.17) is 5.26 Å². The second kappa shape index (κ2) is 10.8. The molecule has 1 N–H and O–H groups in total. The fourth-order valence-corrected chi connectivity index (χ4v) is 3.81. The molecule has 32 heavy (non-hydrogen) atoms. The average Bonchev–Trinajstić information content (AvgIpc) is 3.26. The summed E-state index contributed by atoms with van der Waals surface area (Å²) in [5.74, 6) is -1.21. The molecule has 0 saturated carbocycles. The number of thiazole rings is 1. The molecule has 0 fully saturated rings. The minimum Gasteiger partial charge on any atom is -0.771 e. The zero-order valence-electron chi connectivity index (χ0n) is 16.2. The Bertz CT molecular complexity index is 1130. The van der Waals surface area contributed by atoms with Gasteiger partial charge in [-0.1, -0.05) is 12.1 Å². The lowest BCUT2D eigenvalue weighted by molar-refractivity contribution is -0.0498. The summed E-state index contributed by atoms with van der Waals surface area (Å²) in [6.07, 6.45) is 0. The van der Waals surface area contributed by atoms with Crippen molar-refractivity contribution >= 4 is 39.0 Å². The maximum atomic E-state index is 12.5. The first kappa shape index (κ1) is 23.3. The molecule has 0 radical (unpaired) electrons. The third-order valence-corrected chi connectivity index (χ3v) is 5.38. The number of rotatable bonds is 9. The molecule has 166 valence electrons. The lowest BCUT2D eigenvalue weighted by Gasteiger charge is -2.24. The van der Waals surface area contributed by atoms with Gasteiger partial charge in [-0.3, -0.25) is 9.00 Å². The van der Waals surface area contributed by atoms with Gasteiger partial charge in [0.2, 0.25) is 0 Å². The Kier molecular flexibility index (Phi) is 7.82. The Morgan fingerprint density at radius 2 is 1.94 bits per heavy atom. The van der Waals surface area contributed by atoms with Gasteiger partial charge in [-0.05, 0) is 53.0 Å². The van der Waals surface area contributed by atoms with Gasteiger partial charge in [0.15, 0.2) is 5.69 Å². The number of nitrogens with one attached hydrogen (secondary N) is 1. The minimum absolute atomic E-state index is 0.0112. The summed E-state index contributed by atoms with van der Waals surface area (Å²) < 4.78 is 50.7. The van der Waals surface area contributed by atoms with Gasteiger partial charge in [0.05, 0.1) is 23.0 Å². The number of benzene rings is 2. The van der Waals surface area contributed by atoms with Gasteiger partial charge < -0.3 is 19.5 Å². The molecular weight excluding hydrogens is 462 g/mol. The van der Waals surface area contributed by atoms with Crippen molar-refractivity contribution in [1.82, 2.24) is 10.3 Å². The van der Waals surface area contributed by atoms with Crippen molar-refractivity contribution in [2.24, 2.45) is 0 Å². The zero-order chi connectivity index (χ0) is 23.1. The first-order valence-electron chi connectivity index (χ1n) is 8.96. The molecule has 12 heteroatoms. The Balaban J connectivity index is 1.93. The van der Waals surface area contributed by atoms with Crippen LogP contribution < -0.4 is 15.0 Å². The highest BCUT2D eigenvalue weighted by Crippen LogP contribution is 2.34. The number of hydrogen-bond donors (Lipinski definition) is 1. The van der Waals surface area contributed by atoms with Crippen molar-refractivity contribution in [3.63, 3.8) is 0 Å². The third kappa shape index (κ3) is 6.07. The number of halogens is 2. The maximum absolute atomic E-state index is 12.5. The number of anilines is 2. The van der Waals surface area contributed by atoms with Crippen molar-refractivity contribution < 1.29 is 27.1 Å². The normalized spacial score (nSPS) is 11.6. The number of nitrogens with zero attached hydrogens (tertiary/aromatic N) is 3. The molecule has 1 heterocycles. The number of nitriles is 1. The molecule has 0 aliphatic heterocycles. The monoisotopic (exact) mass is 477 g/mol. The Morgan fingerprint density at radius 3 is 2.53 bits per heavy atom. The van der Waals surface area contributed by atoms with E-state index in [0.717, 1.165) is 5.56 Å². The van der Waals surface area contributed by atoms with Crippen LogP contribution in [0.3, 0.4) is 0 Å². The fourth-order valence-electron chi connectivity index (χ4n) is 2.75. The molecule has 8 nitrogen and oxygen atoms in total. The summed E-state index contributed by atoms with van der Waals surface area (Å²) in [6.45, 7) is -2.70. The summed E-state index contributed by atoms with van der Waals surface area (Å²) >= 11 is -1.29. The van der Waals surface area contributed by atoms with Crippen LogP contribution in [0, 0.1) is 11.3 Å². The Labute approximate surface area is 188 Å². The molecular formula is C20H15F2N4O4S2-. The number of hydrogen-bond acceptors (Lipinski definition) is 8. The second-order valence-electron chi connectivity index (χ2n) is 6.23. The van der Waals surface area contributed by atoms with Gasteiger partial charge in [0.25, 0.3) is 5.91 Å². The molecule has 1 atom stereocenters. The molecule has 0 aliphatic carbocycles. The number of amides is 1. The summed E-state index contributed by atoms with van der Waals surface area (Å²) in [7, 11) is 0. The van der Waals surface area contributed by atoms with E-state index in [-0.39, 0.29) is 18.0 Å². The predicted octanol–water partition coefficient (Wildman–Crippen LogP) is 3.52. The standard InChI is InChI=1S/C20H16F2N4O4S2/c21-20(22)30-16-7-3-14(4-8-16)10-26(15-5-1-13(9-23)2-6-15)19-17(24-11-31-19)18(27)25-12-32(28)29/h1-8,11,20H,10,12H2,(H,25,27)(H,28,29)/p-1. The summed E-state index contributed by atoms with van der Waals surface area (Å²) in [5.41, 5.74) is 3.29. The Hall–Kier alpha value is -3.40. The van der Waals surface area contributed by atoms with Gasteiger partial charge in [-0.2, -0.15) is 14.0 Å². The predicted molar refractivity (Wildman–Crippen MR) is 113 cm³/mol. The smallest absolute Gasteiger partial charge is 0.387 e. The van der Waals surface area contributed by atoms with E-state index in [1.165, 1.54) is 29.0 Å². The van der Waals surface area contributed by atoms with Gasteiger partial charge >= 0.3 is 6.61 Å². The third-order valence-electron chi connectivity index (χ3n) is 4.16. The van der Waals surface area contributed by atoms with Gasteiger partial charge in [0.1, 0.15) is 10.8 Å². The molecule has 3 rings (SSSR count). The molecule has 0 aliphatic rings. The second-order valence-corrected chi connectivity index (χ2v) is 7.96. The van der Waals surface area contributed by atoms with Crippen LogP contribution in [0.4, 0.5) is 19.5 Å². The lowest BCUT2D eigenvalue weighted by atomic mass is 10.1. The van der Waals surface area contributed by atoms with Crippen LogP contribution in [-0.4, -0.2) is 32.1 Å². The largest absolute Gasteiger partial charge is 0.771 e. The highest BCUT2D eigenvalue weighted by atomic mass is 32.2. The molecule has 0 spiro atoms. The zero-order valence-corrected chi connectivity index (χ0v) is 17.9. The topological polar surface area (TPSA) is 118 Å². The fraction of sp³-hybridized carbons (Fsp3) is 0.150. The van der Waals surface area contributed by atoms with Crippen molar-refractivity contribution in [3.8, 4) is 11.8 Å². The van der Waals surface area contributed by atoms with Gasteiger partial charge in [-0.15, -0.1) is 11.3 Å². The van der Waals surface area contributed by atoms with Crippen LogP contribution in [0.1, 0.15) is 21.6 Å².